The monoisotopic (exact) mass is 444 g/mol. The Morgan fingerprint density at radius 2 is 1.48 bits per heavy atom. The van der Waals surface area contributed by atoms with E-state index in [1.54, 1.807) is 48.5 Å². The first kappa shape index (κ1) is 22.9. The smallest absolute Gasteiger partial charge is 0.870 e. The molecule has 0 aliphatic carbocycles. The van der Waals surface area contributed by atoms with Crippen molar-refractivity contribution in [2.45, 2.75) is 4.90 Å². The van der Waals surface area contributed by atoms with E-state index in [9.17, 15) is 28.0 Å². The minimum atomic E-state index is -4.66. The van der Waals surface area contributed by atoms with E-state index in [2.05, 4.69) is 10.2 Å². The van der Waals surface area contributed by atoms with Crippen LogP contribution >= 0.6 is 0 Å². The van der Waals surface area contributed by atoms with Crippen molar-refractivity contribution in [2.24, 2.45) is 10.2 Å². The summed E-state index contributed by atoms with van der Waals surface area (Å²) in [6.07, 6.45) is 0. The van der Waals surface area contributed by atoms with Crippen LogP contribution in [0.15, 0.2) is 81.9 Å². The Morgan fingerprint density at radius 1 is 0.871 bits per heavy atom. The van der Waals surface area contributed by atoms with Crippen LogP contribution in [0.3, 0.4) is 0 Å². The summed E-state index contributed by atoms with van der Waals surface area (Å²) in [5, 5.41) is 31.4. The van der Waals surface area contributed by atoms with Gasteiger partial charge in [0.1, 0.15) is 10.6 Å². The molecule has 150 valence electrons. The van der Waals surface area contributed by atoms with Crippen LogP contribution in [0, 0.1) is 0 Å². The number of nitrogens with zero attached hydrogens (tertiary/aromatic N) is 2. The Bertz CT molecular complexity index is 1470. The molecule has 4 aromatic rings. The van der Waals surface area contributed by atoms with Crippen LogP contribution in [0.4, 0.5) is 11.4 Å². The summed E-state index contributed by atoms with van der Waals surface area (Å²) in [6, 6.07) is 17.2. The van der Waals surface area contributed by atoms with Gasteiger partial charge in [-0.2, -0.15) is 13.5 Å². The molecule has 0 atom stereocenters. The van der Waals surface area contributed by atoms with Crippen molar-refractivity contribution in [1.29, 1.82) is 0 Å². The molecule has 0 aliphatic heterocycles. The Kier molecular flexibility index (Phi) is 6.44. The van der Waals surface area contributed by atoms with Gasteiger partial charge in [-0.1, -0.05) is 60.3 Å². The van der Waals surface area contributed by atoms with Gasteiger partial charge in [0.15, 0.2) is 0 Å². The molecule has 4 aromatic carbocycles. The Labute approximate surface area is 198 Å². The van der Waals surface area contributed by atoms with E-state index < -0.39 is 32.3 Å². The zero-order valence-electron chi connectivity index (χ0n) is 16.2. The van der Waals surface area contributed by atoms with Crippen LogP contribution in [-0.2, 0) is 10.1 Å². The second-order valence-electron chi connectivity index (χ2n) is 6.44. The van der Waals surface area contributed by atoms with Crippen LogP contribution in [0.1, 0.15) is 10.4 Å². The van der Waals surface area contributed by atoms with Gasteiger partial charge < -0.3 is 10.2 Å². The number of carboxylic acid groups (broad SMARTS) is 1. The third-order valence-electron chi connectivity index (χ3n) is 4.58. The van der Waals surface area contributed by atoms with Crippen molar-refractivity contribution >= 4 is 49.0 Å². The average Bonchev–Trinajstić information content (AvgIpc) is 2.71. The van der Waals surface area contributed by atoms with E-state index in [4.69, 9.17) is 0 Å². The van der Waals surface area contributed by atoms with E-state index in [0.29, 0.717) is 16.2 Å². The van der Waals surface area contributed by atoms with Crippen molar-refractivity contribution in [2.75, 3.05) is 0 Å². The third kappa shape index (κ3) is 4.32. The normalized spacial score (nSPS) is 11.6. The summed E-state index contributed by atoms with van der Waals surface area (Å²) in [4.78, 5) is 11.0. The van der Waals surface area contributed by atoms with Gasteiger partial charge >= 0.3 is 35.5 Å². The zero-order valence-corrected chi connectivity index (χ0v) is 19.0. The maximum Gasteiger partial charge on any atom is 1.00 e. The van der Waals surface area contributed by atoms with Crippen molar-refractivity contribution in [3.8, 4) is 5.75 Å². The van der Waals surface area contributed by atoms with Crippen LogP contribution in [0.2, 0.25) is 0 Å². The molecule has 0 spiro atoms. The quantitative estimate of drug-likeness (QED) is 0.277. The van der Waals surface area contributed by atoms with E-state index in [1.165, 1.54) is 18.2 Å². The van der Waals surface area contributed by atoms with Gasteiger partial charge in [0.05, 0.1) is 11.3 Å². The van der Waals surface area contributed by atoms with Gasteiger partial charge in [0.25, 0.3) is 10.1 Å². The van der Waals surface area contributed by atoms with Crippen LogP contribution in [0.25, 0.3) is 21.5 Å². The molecule has 8 nitrogen and oxygen atoms in total. The predicted molar refractivity (Wildman–Crippen MR) is 108 cm³/mol. The molecule has 0 radical (unpaired) electrons. The maximum atomic E-state index is 12.6. The predicted octanol–water partition coefficient (Wildman–Crippen LogP) is 1.43. The molecule has 0 bridgehead atoms. The minimum Gasteiger partial charge on any atom is -0.870 e. The first-order valence-corrected chi connectivity index (χ1v) is 10.1. The molecule has 2 N–H and O–H groups in total. The molecule has 10 heteroatoms. The van der Waals surface area contributed by atoms with Gasteiger partial charge in [0.2, 0.25) is 0 Å². The van der Waals surface area contributed by atoms with Crippen molar-refractivity contribution < 1.29 is 57.5 Å². The molecule has 0 heterocycles. The number of fused-ring (bicyclic) bond motifs is 2. The second-order valence-corrected chi connectivity index (χ2v) is 7.80. The Hall–Kier alpha value is -2.82. The average molecular weight is 444 g/mol. The van der Waals surface area contributed by atoms with Crippen LogP contribution < -0.4 is 34.7 Å². The number of hydrogen-bond acceptors (Lipinski definition) is 6. The molecule has 31 heavy (non-hydrogen) atoms. The SMILES string of the molecule is O=C(O)c1cc2ccccc2c(N=Nc2ccc3ccccc3c2S(=O)(=O)O)c1[O-].[Na+]. The summed E-state index contributed by atoms with van der Waals surface area (Å²) in [6.45, 7) is 0. The van der Waals surface area contributed by atoms with Gasteiger partial charge in [0, 0.05) is 10.8 Å². The van der Waals surface area contributed by atoms with E-state index in [1.807, 2.05) is 0 Å². The number of carboxylic acids is 1. The molecule has 0 amide bonds. The third-order valence-corrected chi connectivity index (χ3v) is 5.53. The molecule has 0 saturated heterocycles. The molecule has 0 aliphatic rings. The molecule has 0 saturated carbocycles. The standard InChI is InChI=1S/C21H14N2O6S.Na/c24-19-16(21(25)26)11-13-6-2-3-7-14(13)18(19)23-22-17-10-9-12-5-1-4-8-15(12)20(17)30(27,28)29;/h1-11,24H,(H,25,26)(H,27,28,29);/q;+1/p-1. The molecular weight excluding hydrogens is 431 g/mol. The summed E-state index contributed by atoms with van der Waals surface area (Å²) in [5.74, 6) is -2.26. The van der Waals surface area contributed by atoms with Crippen molar-refractivity contribution in [3.63, 3.8) is 0 Å². The number of hydrogen-bond donors (Lipinski definition) is 2. The van der Waals surface area contributed by atoms with Gasteiger partial charge in [-0.25, -0.2) is 4.79 Å². The largest absolute Gasteiger partial charge is 1.00 e. The van der Waals surface area contributed by atoms with E-state index in [0.717, 1.165) is 0 Å². The number of aromatic carboxylic acids is 1. The zero-order chi connectivity index (χ0) is 21.5. The molecule has 0 aromatic heterocycles. The summed E-state index contributed by atoms with van der Waals surface area (Å²) < 4.78 is 33.8. The van der Waals surface area contributed by atoms with Gasteiger partial charge in [-0.05, 0) is 22.9 Å². The molecular formula is C21H13N2NaO6S. The van der Waals surface area contributed by atoms with E-state index in [-0.39, 0.29) is 46.3 Å². The molecule has 0 fully saturated rings. The van der Waals surface area contributed by atoms with Crippen molar-refractivity contribution in [3.05, 3.63) is 72.3 Å². The summed E-state index contributed by atoms with van der Waals surface area (Å²) >= 11 is 0. The maximum absolute atomic E-state index is 12.6. The van der Waals surface area contributed by atoms with Crippen LogP contribution in [-0.4, -0.2) is 24.0 Å². The van der Waals surface area contributed by atoms with Crippen molar-refractivity contribution in [1.82, 2.24) is 0 Å². The fourth-order valence-corrected chi connectivity index (χ4v) is 4.09. The topological polar surface area (TPSA) is 139 Å². The second kappa shape index (κ2) is 8.74. The summed E-state index contributed by atoms with van der Waals surface area (Å²) in [7, 11) is -4.66. The first-order chi connectivity index (χ1) is 14.3. The van der Waals surface area contributed by atoms with Gasteiger partial charge in [-0.15, -0.1) is 5.11 Å². The minimum absolute atomic E-state index is 0. The number of benzene rings is 4. The Morgan fingerprint density at radius 3 is 2.13 bits per heavy atom. The van der Waals surface area contributed by atoms with Gasteiger partial charge in [-0.3, -0.25) is 4.55 Å². The number of rotatable bonds is 4. The number of carbonyl (C=O) groups is 1. The fraction of sp³-hybridized carbons (Fsp3) is 0. The fourth-order valence-electron chi connectivity index (χ4n) is 3.25. The van der Waals surface area contributed by atoms with Crippen LogP contribution in [0.5, 0.6) is 5.75 Å². The first-order valence-electron chi connectivity index (χ1n) is 8.64. The van der Waals surface area contributed by atoms with E-state index >= 15 is 0 Å². The Balaban J connectivity index is 0.00000272. The molecule has 4 rings (SSSR count). The summed E-state index contributed by atoms with van der Waals surface area (Å²) in [5.41, 5.74) is -0.892. The number of azo groups is 1. The molecule has 0 unspecified atom stereocenters.